The Morgan fingerprint density at radius 3 is 1.80 bits per heavy atom. The van der Waals surface area contributed by atoms with Gasteiger partial charge in [0.25, 0.3) is 0 Å². The summed E-state index contributed by atoms with van der Waals surface area (Å²) < 4.78 is 78.8. The maximum Gasteiger partial charge on any atom is 0.416 e. The summed E-state index contributed by atoms with van der Waals surface area (Å²) >= 11 is 0. The van der Waals surface area contributed by atoms with Crippen molar-refractivity contribution in [3.8, 4) is 17.2 Å². The molecule has 25 heavy (non-hydrogen) atoms. The Balaban J connectivity index is 2.60. The summed E-state index contributed by atoms with van der Waals surface area (Å²) in [4.78, 5) is -0.543. The normalized spacial score (nSPS) is 11.9. The van der Waals surface area contributed by atoms with E-state index in [2.05, 4.69) is 0 Å². The third kappa shape index (κ3) is 3.51. The number of hydrogen-bond acceptors (Lipinski definition) is 5. The van der Waals surface area contributed by atoms with E-state index in [9.17, 15) is 21.6 Å². The van der Waals surface area contributed by atoms with Crippen LogP contribution in [0.25, 0.3) is 0 Å². The molecule has 0 spiro atoms. The van der Waals surface area contributed by atoms with Crippen molar-refractivity contribution in [2.45, 2.75) is 16.0 Å². The van der Waals surface area contributed by atoms with E-state index in [1.807, 2.05) is 0 Å². The van der Waals surface area contributed by atoms with Crippen LogP contribution in [0.2, 0.25) is 0 Å². The molecule has 0 heterocycles. The molecule has 0 fully saturated rings. The van der Waals surface area contributed by atoms with E-state index in [1.165, 1.54) is 33.5 Å². The summed E-state index contributed by atoms with van der Waals surface area (Å²) in [5.74, 6) is 0.227. The zero-order chi connectivity index (χ0) is 18.8. The molecular weight excluding hydrogens is 361 g/mol. The molecule has 0 aliphatic carbocycles. The number of alkyl halides is 3. The first-order chi connectivity index (χ1) is 11.7. The van der Waals surface area contributed by atoms with Gasteiger partial charge in [0.05, 0.1) is 31.8 Å². The van der Waals surface area contributed by atoms with Crippen molar-refractivity contribution < 1.29 is 35.8 Å². The zero-order valence-electron chi connectivity index (χ0n) is 13.5. The number of methoxy groups -OCH3 is 3. The first-order valence-electron chi connectivity index (χ1n) is 6.88. The number of rotatable bonds is 5. The van der Waals surface area contributed by atoms with Crippen LogP contribution in [0.1, 0.15) is 5.56 Å². The number of halogens is 3. The van der Waals surface area contributed by atoms with E-state index in [-0.39, 0.29) is 27.0 Å². The third-order valence-corrected chi connectivity index (χ3v) is 5.24. The Labute approximate surface area is 142 Å². The molecule has 0 saturated carbocycles. The molecule has 5 nitrogen and oxygen atoms in total. The summed E-state index contributed by atoms with van der Waals surface area (Å²) in [5, 5.41) is 0. The Morgan fingerprint density at radius 2 is 1.36 bits per heavy atom. The summed E-state index contributed by atoms with van der Waals surface area (Å²) in [5.41, 5.74) is -0.939. The van der Waals surface area contributed by atoms with Crippen molar-refractivity contribution in [2.24, 2.45) is 0 Å². The summed E-state index contributed by atoms with van der Waals surface area (Å²) in [6.45, 7) is 0. The van der Waals surface area contributed by atoms with Crippen LogP contribution in [0.4, 0.5) is 13.2 Å². The molecule has 0 N–H and O–H groups in total. The molecule has 0 saturated heterocycles. The van der Waals surface area contributed by atoms with Crippen LogP contribution in [-0.4, -0.2) is 29.7 Å². The molecule has 2 rings (SSSR count). The van der Waals surface area contributed by atoms with Gasteiger partial charge >= 0.3 is 6.18 Å². The molecule has 2 aromatic carbocycles. The van der Waals surface area contributed by atoms with Crippen LogP contribution in [-0.2, 0) is 16.0 Å². The molecule has 2 aromatic rings. The van der Waals surface area contributed by atoms with E-state index in [0.717, 1.165) is 12.1 Å². The summed E-state index contributed by atoms with van der Waals surface area (Å²) in [7, 11) is -0.186. The van der Waals surface area contributed by atoms with Crippen LogP contribution in [0.15, 0.2) is 46.2 Å². The number of ether oxygens (including phenoxy) is 3. The van der Waals surface area contributed by atoms with E-state index in [0.29, 0.717) is 12.1 Å². The van der Waals surface area contributed by atoms with Crippen molar-refractivity contribution in [3.63, 3.8) is 0 Å². The minimum atomic E-state index is -4.55. The van der Waals surface area contributed by atoms with Gasteiger partial charge in [0.2, 0.25) is 15.6 Å². The summed E-state index contributed by atoms with van der Waals surface area (Å²) in [6.07, 6.45) is -4.55. The van der Waals surface area contributed by atoms with Crippen molar-refractivity contribution in [3.05, 3.63) is 42.0 Å². The van der Waals surface area contributed by atoms with E-state index < -0.39 is 21.6 Å². The highest BCUT2D eigenvalue weighted by Gasteiger charge is 2.32. The van der Waals surface area contributed by atoms with Gasteiger partial charge in [-0.15, -0.1) is 0 Å². The van der Waals surface area contributed by atoms with Crippen LogP contribution >= 0.6 is 0 Å². The van der Waals surface area contributed by atoms with Crippen molar-refractivity contribution in [1.82, 2.24) is 0 Å². The zero-order valence-corrected chi connectivity index (χ0v) is 14.4. The van der Waals surface area contributed by atoms with E-state index >= 15 is 0 Å². The van der Waals surface area contributed by atoms with Crippen LogP contribution in [0.3, 0.4) is 0 Å². The average Bonchev–Trinajstić information content (AvgIpc) is 2.59. The minimum absolute atomic E-state index is 0.0676. The quantitative estimate of drug-likeness (QED) is 0.799. The smallest absolute Gasteiger partial charge is 0.416 e. The Hall–Kier alpha value is -2.42. The number of hydrogen-bond donors (Lipinski definition) is 0. The highest BCUT2D eigenvalue weighted by atomic mass is 32.2. The Kier molecular flexibility index (Phi) is 5.17. The second kappa shape index (κ2) is 6.83. The molecule has 0 atom stereocenters. The van der Waals surface area contributed by atoms with Crippen LogP contribution in [0.5, 0.6) is 17.2 Å². The fourth-order valence-corrected chi connectivity index (χ4v) is 3.65. The van der Waals surface area contributed by atoms with E-state index in [1.54, 1.807) is 0 Å². The lowest BCUT2D eigenvalue weighted by molar-refractivity contribution is -0.137. The fraction of sp³-hybridized carbons (Fsp3) is 0.250. The monoisotopic (exact) mass is 376 g/mol. The molecule has 0 amide bonds. The third-order valence-electron chi connectivity index (χ3n) is 3.45. The van der Waals surface area contributed by atoms with Gasteiger partial charge in [-0.3, -0.25) is 0 Å². The highest BCUT2D eigenvalue weighted by Crippen LogP contribution is 2.43. The first-order valence-corrected chi connectivity index (χ1v) is 8.36. The lowest BCUT2D eigenvalue weighted by Crippen LogP contribution is -2.08. The molecule has 0 aliphatic heterocycles. The number of sulfone groups is 1. The predicted octanol–water partition coefficient (Wildman–Crippen LogP) is 3.56. The predicted molar refractivity (Wildman–Crippen MR) is 83.0 cm³/mol. The molecule has 9 heteroatoms. The molecule has 0 aromatic heterocycles. The Bertz CT molecular complexity index is 859. The first kappa shape index (κ1) is 18.9. The van der Waals surface area contributed by atoms with Gasteiger partial charge in [-0.05, 0) is 36.4 Å². The SMILES string of the molecule is COc1ccc(S(=O)(=O)c2ccc(C(F)(F)F)cc2)c(OC)c1OC. The van der Waals surface area contributed by atoms with Gasteiger partial charge in [-0.2, -0.15) is 13.2 Å². The maximum atomic E-state index is 12.8. The molecule has 0 unspecified atom stereocenters. The fourth-order valence-electron chi connectivity index (χ4n) is 2.24. The van der Waals surface area contributed by atoms with Crippen LogP contribution < -0.4 is 14.2 Å². The van der Waals surface area contributed by atoms with Gasteiger partial charge in [0, 0.05) is 0 Å². The van der Waals surface area contributed by atoms with Crippen molar-refractivity contribution >= 4 is 9.84 Å². The summed E-state index contributed by atoms with van der Waals surface area (Å²) in [6, 6.07) is 5.83. The average molecular weight is 376 g/mol. The molecule has 0 aliphatic rings. The highest BCUT2D eigenvalue weighted by molar-refractivity contribution is 7.91. The van der Waals surface area contributed by atoms with Gasteiger partial charge < -0.3 is 14.2 Å². The van der Waals surface area contributed by atoms with Gasteiger partial charge in [-0.1, -0.05) is 0 Å². The maximum absolute atomic E-state index is 12.8. The van der Waals surface area contributed by atoms with Gasteiger partial charge in [0.1, 0.15) is 4.90 Å². The lowest BCUT2D eigenvalue weighted by Gasteiger charge is -2.16. The minimum Gasteiger partial charge on any atom is -0.493 e. The molecular formula is C16H15F3O5S. The Morgan fingerprint density at radius 1 is 0.800 bits per heavy atom. The van der Waals surface area contributed by atoms with Gasteiger partial charge in [-0.25, -0.2) is 8.42 Å². The standard InChI is InChI=1S/C16H15F3O5S/c1-22-12-8-9-13(15(24-3)14(12)23-2)25(20,21)11-6-4-10(5-7-11)16(17,18)19/h4-9H,1-3H3. The molecule has 0 radical (unpaired) electrons. The largest absolute Gasteiger partial charge is 0.493 e. The van der Waals surface area contributed by atoms with E-state index in [4.69, 9.17) is 14.2 Å². The number of benzene rings is 2. The lowest BCUT2D eigenvalue weighted by atomic mass is 10.2. The second-order valence-electron chi connectivity index (χ2n) is 4.86. The van der Waals surface area contributed by atoms with Crippen LogP contribution in [0, 0.1) is 0 Å². The van der Waals surface area contributed by atoms with Gasteiger partial charge in [0.15, 0.2) is 11.5 Å². The molecule has 136 valence electrons. The van der Waals surface area contributed by atoms with Crippen molar-refractivity contribution in [2.75, 3.05) is 21.3 Å². The van der Waals surface area contributed by atoms with Crippen molar-refractivity contribution in [1.29, 1.82) is 0 Å². The second-order valence-corrected chi connectivity index (χ2v) is 6.78. The topological polar surface area (TPSA) is 61.8 Å². The molecule has 0 bridgehead atoms.